The molecule has 6 rings (SSSR count). The van der Waals surface area contributed by atoms with Crippen molar-refractivity contribution in [2.24, 2.45) is 17.8 Å². The van der Waals surface area contributed by atoms with E-state index in [4.69, 9.17) is 18.9 Å². The van der Waals surface area contributed by atoms with Crippen molar-refractivity contribution in [1.29, 1.82) is 0 Å². The Kier molecular flexibility index (Phi) is 34.4. The molecule has 0 N–H and O–H groups in total. The minimum absolute atomic E-state index is 0.0622. The minimum Gasteiger partial charge on any atom is -0.498 e. The summed E-state index contributed by atoms with van der Waals surface area (Å²) in [5.74, 6) is 4.12. The number of ether oxygens (including phenoxy) is 4. The van der Waals surface area contributed by atoms with Crippen molar-refractivity contribution in [2.75, 3.05) is 39.4 Å². The average Bonchev–Trinajstić information content (AvgIpc) is 3.79. The summed E-state index contributed by atoms with van der Waals surface area (Å²) in [5.41, 5.74) is 11.8. The van der Waals surface area contributed by atoms with Crippen LogP contribution in [-0.4, -0.2) is 39.4 Å². The Labute approximate surface area is 469 Å². The number of benzene rings is 3. The predicted octanol–water partition coefficient (Wildman–Crippen LogP) is 20.1. The van der Waals surface area contributed by atoms with Crippen LogP contribution < -0.4 is 4.74 Å². The van der Waals surface area contributed by atoms with Crippen LogP contribution in [0.4, 0.5) is 0 Å². The van der Waals surface area contributed by atoms with Crippen molar-refractivity contribution in [2.45, 2.75) is 140 Å². The SMILES string of the molecule is C#C.C/C=C(\C=C/CBr)/C=C/C1=CC=CC2C(=C1)C1(/C(=C/C(OCC(C)CC)=C(\C)OC)Cc3ccc(OCC(C)CC)cc31)c1cc(/C=C/c3ccc(Br)cc3)ccc12.CC.CC.CCC.CCC(C)COC. The van der Waals surface area contributed by atoms with Crippen molar-refractivity contribution >= 4 is 44.0 Å². The van der Waals surface area contributed by atoms with Crippen molar-refractivity contribution < 1.29 is 18.9 Å². The Balaban J connectivity index is 0.00000152. The molecule has 0 aromatic heterocycles. The Morgan fingerprint density at radius 1 is 0.770 bits per heavy atom. The maximum Gasteiger partial charge on any atom is 0.156 e. The van der Waals surface area contributed by atoms with Gasteiger partial charge in [0.1, 0.15) is 11.5 Å². The summed E-state index contributed by atoms with van der Waals surface area (Å²) in [6, 6.07) is 22.3. The van der Waals surface area contributed by atoms with Gasteiger partial charge in [0.2, 0.25) is 0 Å². The molecule has 0 saturated heterocycles. The minimum atomic E-state index is -0.591. The molecule has 3 aliphatic carbocycles. The summed E-state index contributed by atoms with van der Waals surface area (Å²) < 4.78 is 25.1. The van der Waals surface area contributed by atoms with E-state index in [2.05, 4.69) is 241 Å². The van der Waals surface area contributed by atoms with Crippen LogP contribution in [0.15, 0.2) is 160 Å². The Bertz CT molecular complexity index is 2400. The van der Waals surface area contributed by atoms with E-state index >= 15 is 0 Å². The smallest absolute Gasteiger partial charge is 0.156 e. The zero-order chi connectivity index (χ0) is 55.6. The number of hydrogen-bond donors (Lipinski definition) is 0. The second-order valence-electron chi connectivity index (χ2n) is 18.4. The third-order valence-corrected chi connectivity index (χ3v) is 13.8. The first-order chi connectivity index (χ1) is 35.9. The molecule has 4 nitrogen and oxygen atoms in total. The number of alkyl halides is 1. The molecule has 3 aromatic carbocycles. The van der Waals surface area contributed by atoms with Crippen molar-refractivity contribution in [3.63, 3.8) is 0 Å². The molecule has 0 amide bonds. The van der Waals surface area contributed by atoms with Gasteiger partial charge in [-0.15, -0.1) is 12.8 Å². The quantitative estimate of drug-likeness (QED) is 0.0394. The van der Waals surface area contributed by atoms with E-state index in [-0.39, 0.29) is 5.92 Å². The Hall–Kier alpha value is -4.80. The fourth-order valence-corrected chi connectivity index (χ4v) is 8.77. The molecule has 5 atom stereocenters. The first-order valence-corrected chi connectivity index (χ1v) is 29.2. The van der Waals surface area contributed by atoms with Gasteiger partial charge in [0.05, 0.1) is 25.7 Å². The fourth-order valence-electron chi connectivity index (χ4n) is 8.32. The number of methoxy groups -OCH3 is 2. The molecular weight excluding hydrogens is 1040 g/mol. The normalized spacial score (nSPS) is 18.1. The number of terminal acetylenes is 1. The van der Waals surface area contributed by atoms with Gasteiger partial charge in [0.15, 0.2) is 5.76 Å². The summed E-state index contributed by atoms with van der Waals surface area (Å²) in [6.07, 6.45) is 40.3. The van der Waals surface area contributed by atoms with Crippen molar-refractivity contribution in [3.8, 4) is 18.6 Å². The summed E-state index contributed by atoms with van der Waals surface area (Å²) in [4.78, 5) is 0. The van der Waals surface area contributed by atoms with Crippen LogP contribution in [-0.2, 0) is 26.0 Å². The molecule has 74 heavy (non-hydrogen) atoms. The van der Waals surface area contributed by atoms with Crippen LogP contribution in [0.2, 0.25) is 0 Å². The summed E-state index contributed by atoms with van der Waals surface area (Å²) in [5, 5.41) is 0.814. The van der Waals surface area contributed by atoms with Gasteiger partial charge in [-0.1, -0.05) is 238 Å². The van der Waals surface area contributed by atoms with Crippen molar-refractivity contribution in [1.82, 2.24) is 0 Å². The van der Waals surface area contributed by atoms with E-state index in [0.717, 1.165) is 81.1 Å². The molecule has 0 bridgehead atoms. The lowest BCUT2D eigenvalue weighted by Crippen LogP contribution is -2.27. The predicted molar refractivity (Wildman–Crippen MR) is 332 cm³/mol. The maximum atomic E-state index is 6.68. The number of fused-ring (bicyclic) bond motifs is 7. The lowest BCUT2D eigenvalue weighted by Gasteiger charge is -2.33. The highest BCUT2D eigenvalue weighted by molar-refractivity contribution is 9.10. The van der Waals surface area contributed by atoms with Crippen LogP contribution in [0.5, 0.6) is 5.75 Å². The molecule has 1 spiro atoms. The van der Waals surface area contributed by atoms with Gasteiger partial charge in [-0.25, -0.2) is 0 Å². The molecule has 0 aliphatic heterocycles. The molecule has 0 saturated carbocycles. The van der Waals surface area contributed by atoms with Gasteiger partial charge in [-0.05, 0) is 130 Å². The van der Waals surface area contributed by atoms with Gasteiger partial charge in [0, 0.05) is 29.4 Å². The largest absolute Gasteiger partial charge is 0.498 e. The van der Waals surface area contributed by atoms with E-state index < -0.39 is 5.41 Å². The summed E-state index contributed by atoms with van der Waals surface area (Å²) in [7, 11) is 3.48. The number of rotatable bonds is 19. The molecule has 5 unspecified atom stereocenters. The fraction of sp³-hybridized carbons (Fsp3) is 0.441. The van der Waals surface area contributed by atoms with Gasteiger partial charge in [0.25, 0.3) is 0 Å². The van der Waals surface area contributed by atoms with E-state index in [9.17, 15) is 0 Å². The van der Waals surface area contributed by atoms with Crippen LogP contribution in [0.3, 0.4) is 0 Å². The summed E-state index contributed by atoms with van der Waals surface area (Å²) in [6.45, 7) is 31.8. The van der Waals surface area contributed by atoms with E-state index in [1.54, 1.807) is 14.2 Å². The first kappa shape index (κ1) is 67.2. The zero-order valence-electron chi connectivity index (χ0n) is 48.4. The highest BCUT2D eigenvalue weighted by atomic mass is 79.9. The van der Waals surface area contributed by atoms with E-state index in [0.29, 0.717) is 25.0 Å². The molecule has 0 radical (unpaired) electrons. The number of allylic oxidation sites excluding steroid dienone is 15. The van der Waals surface area contributed by atoms with Gasteiger partial charge in [-0.3, -0.25) is 0 Å². The standard InChI is InChI=1S/C53H58Br2O3.C6H14O.C3H8.2C2H6.C2H2/c1-8-36(4)34-57-46-26-23-43-31-44(32-52(38(6)56-7)58-35-37(5)9-2)53(49(43)33-46)50-29-41(18-16-39(10-3)14-12-28-54)13-11-15-47(50)48-27-22-42(30-51(48)53)19-17-40-20-24-45(55)25-21-40;1-4-6(2)5-7-3;1-3-2;3*1-2/h10-27,29-30,32-33,36-37,47H,8-9,28,31,34-35H2,1-7H3;6H,4-5H2,1-3H3;3H2,1-2H3;2*1-2H3;1-2H/b14-12-,18-16+,19-17+,39-10+,44-32+,52-38-;;;;;. The molecule has 6 heteroatoms. The van der Waals surface area contributed by atoms with E-state index in [1.807, 2.05) is 34.6 Å². The van der Waals surface area contributed by atoms with Crippen LogP contribution in [0.25, 0.3) is 12.2 Å². The molecule has 404 valence electrons. The van der Waals surface area contributed by atoms with Crippen LogP contribution in [0, 0.1) is 30.6 Å². The highest BCUT2D eigenvalue weighted by Crippen LogP contribution is 2.63. The van der Waals surface area contributed by atoms with Gasteiger partial charge in [-0.2, -0.15) is 0 Å². The maximum absolute atomic E-state index is 6.68. The number of halogens is 2. The summed E-state index contributed by atoms with van der Waals surface area (Å²) >= 11 is 7.13. The average molecular weight is 1140 g/mol. The third-order valence-electron chi connectivity index (χ3n) is 12.9. The topological polar surface area (TPSA) is 36.9 Å². The second kappa shape index (κ2) is 37.9. The monoisotopic (exact) mass is 1130 g/mol. The van der Waals surface area contributed by atoms with Gasteiger partial charge < -0.3 is 18.9 Å². The van der Waals surface area contributed by atoms with E-state index in [1.165, 1.54) is 46.2 Å². The number of hydrogen-bond acceptors (Lipinski definition) is 4. The van der Waals surface area contributed by atoms with Crippen molar-refractivity contribution in [3.05, 3.63) is 193 Å². The molecule has 3 aliphatic rings. The highest BCUT2D eigenvalue weighted by Gasteiger charge is 2.55. The third kappa shape index (κ3) is 19.7. The van der Waals surface area contributed by atoms with Crippen LogP contribution in [0.1, 0.15) is 162 Å². The first-order valence-electron chi connectivity index (χ1n) is 27.3. The lowest BCUT2D eigenvalue weighted by atomic mass is 9.69. The molecule has 0 fully saturated rings. The Morgan fingerprint density at radius 2 is 1.38 bits per heavy atom. The zero-order valence-corrected chi connectivity index (χ0v) is 51.6. The molecule has 3 aromatic rings. The molecular formula is C68H94Br2O4. The van der Waals surface area contributed by atoms with Gasteiger partial charge >= 0.3 is 0 Å². The lowest BCUT2D eigenvalue weighted by molar-refractivity contribution is 0.156. The molecule has 0 heterocycles. The van der Waals surface area contributed by atoms with Crippen LogP contribution >= 0.6 is 31.9 Å². The second-order valence-corrected chi connectivity index (χ2v) is 20.0. The Morgan fingerprint density at radius 3 is 1.96 bits per heavy atom.